The van der Waals surface area contributed by atoms with Gasteiger partial charge in [-0.1, -0.05) is 24.3 Å². The van der Waals surface area contributed by atoms with Crippen molar-refractivity contribution in [3.8, 4) is 0 Å². The molecular weight excluding hydrogens is 230 g/mol. The van der Waals surface area contributed by atoms with Gasteiger partial charge in [-0.2, -0.15) is 11.8 Å². The lowest BCUT2D eigenvalue weighted by Gasteiger charge is -2.26. The SMILES string of the molecule is Cc1ccccc1CSCC(N)(CO)C1CC1. The van der Waals surface area contributed by atoms with Crippen LogP contribution in [-0.2, 0) is 5.75 Å². The summed E-state index contributed by atoms with van der Waals surface area (Å²) in [7, 11) is 0. The summed E-state index contributed by atoms with van der Waals surface area (Å²) >= 11 is 1.84. The molecule has 1 saturated carbocycles. The third-order valence-corrected chi connectivity index (χ3v) is 4.83. The second-order valence-corrected chi connectivity index (χ2v) is 6.07. The smallest absolute Gasteiger partial charge is 0.0622 e. The maximum Gasteiger partial charge on any atom is 0.0622 e. The van der Waals surface area contributed by atoms with Crippen LogP contribution in [0.5, 0.6) is 0 Å². The van der Waals surface area contributed by atoms with Crippen LogP contribution in [0, 0.1) is 12.8 Å². The summed E-state index contributed by atoms with van der Waals surface area (Å²) in [6.45, 7) is 2.25. The Bertz CT molecular complexity index is 378. The zero-order chi connectivity index (χ0) is 12.3. The molecule has 0 aliphatic heterocycles. The van der Waals surface area contributed by atoms with Crippen molar-refractivity contribution in [1.82, 2.24) is 0 Å². The van der Waals surface area contributed by atoms with Gasteiger partial charge in [0.05, 0.1) is 12.1 Å². The summed E-state index contributed by atoms with van der Waals surface area (Å²) in [5, 5.41) is 9.41. The molecule has 2 nitrogen and oxygen atoms in total. The highest BCUT2D eigenvalue weighted by Gasteiger charge is 2.41. The highest BCUT2D eigenvalue weighted by Crippen LogP contribution is 2.40. The maximum absolute atomic E-state index is 9.41. The first-order valence-electron chi connectivity index (χ1n) is 6.18. The molecule has 2 rings (SSSR count). The Labute approximate surface area is 108 Å². The van der Waals surface area contributed by atoms with E-state index in [4.69, 9.17) is 5.73 Å². The van der Waals surface area contributed by atoms with Crippen LogP contribution in [0.15, 0.2) is 24.3 Å². The molecule has 1 aromatic rings. The molecule has 0 aromatic heterocycles. The van der Waals surface area contributed by atoms with Crippen LogP contribution in [0.1, 0.15) is 24.0 Å². The molecule has 0 radical (unpaired) electrons. The quantitative estimate of drug-likeness (QED) is 0.815. The Kier molecular flexibility index (Phi) is 4.13. The van der Waals surface area contributed by atoms with Gasteiger partial charge >= 0.3 is 0 Å². The molecule has 1 unspecified atom stereocenters. The van der Waals surface area contributed by atoms with Gasteiger partial charge in [0.25, 0.3) is 0 Å². The Balaban J connectivity index is 1.85. The van der Waals surface area contributed by atoms with Gasteiger partial charge in [-0.05, 0) is 36.8 Å². The lowest BCUT2D eigenvalue weighted by Crippen LogP contribution is -2.48. The van der Waals surface area contributed by atoms with E-state index in [-0.39, 0.29) is 12.1 Å². The van der Waals surface area contributed by atoms with Crippen molar-refractivity contribution in [1.29, 1.82) is 0 Å². The molecule has 94 valence electrons. The fourth-order valence-corrected chi connectivity index (χ4v) is 3.43. The minimum Gasteiger partial charge on any atom is -0.394 e. The van der Waals surface area contributed by atoms with Crippen LogP contribution in [0.4, 0.5) is 0 Å². The van der Waals surface area contributed by atoms with E-state index < -0.39 is 0 Å². The molecule has 0 spiro atoms. The number of hydrogen-bond acceptors (Lipinski definition) is 3. The van der Waals surface area contributed by atoms with E-state index in [0.717, 1.165) is 11.5 Å². The topological polar surface area (TPSA) is 46.2 Å². The Hall–Kier alpha value is -0.510. The first-order valence-corrected chi connectivity index (χ1v) is 7.33. The van der Waals surface area contributed by atoms with Crippen LogP contribution >= 0.6 is 11.8 Å². The summed E-state index contributed by atoms with van der Waals surface area (Å²) in [5.41, 5.74) is 8.58. The molecule has 0 amide bonds. The Morgan fingerprint density at radius 2 is 2.12 bits per heavy atom. The fraction of sp³-hybridized carbons (Fsp3) is 0.571. The van der Waals surface area contributed by atoms with Crippen molar-refractivity contribution >= 4 is 11.8 Å². The second kappa shape index (κ2) is 5.42. The fourth-order valence-electron chi connectivity index (χ4n) is 2.07. The number of nitrogens with two attached hydrogens (primary N) is 1. The summed E-state index contributed by atoms with van der Waals surface area (Å²) in [5.74, 6) is 2.37. The average Bonchev–Trinajstić information content (AvgIpc) is 3.16. The molecule has 1 atom stereocenters. The van der Waals surface area contributed by atoms with Gasteiger partial charge in [0.15, 0.2) is 0 Å². The minimum absolute atomic E-state index is 0.110. The van der Waals surface area contributed by atoms with Gasteiger partial charge in [-0.25, -0.2) is 0 Å². The maximum atomic E-state index is 9.41. The summed E-state index contributed by atoms with van der Waals surface area (Å²) in [6.07, 6.45) is 2.37. The van der Waals surface area contributed by atoms with Crippen molar-refractivity contribution in [2.75, 3.05) is 12.4 Å². The third-order valence-electron chi connectivity index (χ3n) is 3.57. The molecule has 1 fully saturated rings. The number of hydrogen-bond donors (Lipinski definition) is 2. The molecule has 1 aliphatic carbocycles. The molecular formula is C14H21NOS. The van der Waals surface area contributed by atoms with E-state index >= 15 is 0 Å². The van der Waals surface area contributed by atoms with Crippen LogP contribution in [0.3, 0.4) is 0 Å². The number of aliphatic hydroxyl groups excluding tert-OH is 1. The van der Waals surface area contributed by atoms with Crippen molar-refractivity contribution < 1.29 is 5.11 Å². The molecule has 1 aliphatic rings. The largest absolute Gasteiger partial charge is 0.394 e. The van der Waals surface area contributed by atoms with E-state index in [1.54, 1.807) is 0 Å². The molecule has 0 saturated heterocycles. The highest BCUT2D eigenvalue weighted by atomic mass is 32.2. The summed E-state index contributed by atoms with van der Waals surface area (Å²) in [6, 6.07) is 8.44. The normalized spacial score (nSPS) is 19.0. The monoisotopic (exact) mass is 251 g/mol. The molecule has 0 heterocycles. The van der Waals surface area contributed by atoms with Crippen molar-refractivity contribution in [3.05, 3.63) is 35.4 Å². The van der Waals surface area contributed by atoms with E-state index in [1.807, 2.05) is 11.8 Å². The Morgan fingerprint density at radius 3 is 2.71 bits per heavy atom. The predicted octanol–water partition coefficient (Wildman–Crippen LogP) is 2.33. The van der Waals surface area contributed by atoms with E-state index in [9.17, 15) is 5.11 Å². The molecule has 3 heteroatoms. The Morgan fingerprint density at radius 1 is 1.41 bits per heavy atom. The van der Waals surface area contributed by atoms with Gasteiger partial charge in [-0.15, -0.1) is 0 Å². The second-order valence-electron chi connectivity index (χ2n) is 5.08. The molecule has 3 N–H and O–H groups in total. The molecule has 1 aromatic carbocycles. The van der Waals surface area contributed by atoms with Crippen molar-refractivity contribution in [3.63, 3.8) is 0 Å². The number of aryl methyl sites for hydroxylation is 1. The number of benzene rings is 1. The molecule has 17 heavy (non-hydrogen) atoms. The van der Waals surface area contributed by atoms with E-state index in [1.165, 1.54) is 24.0 Å². The van der Waals surface area contributed by atoms with E-state index in [2.05, 4.69) is 31.2 Å². The zero-order valence-corrected chi connectivity index (χ0v) is 11.2. The predicted molar refractivity (Wildman–Crippen MR) is 74.1 cm³/mol. The van der Waals surface area contributed by atoms with E-state index in [0.29, 0.717) is 5.92 Å². The van der Waals surface area contributed by atoms with Crippen molar-refractivity contribution in [2.45, 2.75) is 31.1 Å². The van der Waals surface area contributed by atoms with Crippen molar-refractivity contribution in [2.24, 2.45) is 11.7 Å². The number of rotatable bonds is 6. The zero-order valence-electron chi connectivity index (χ0n) is 10.4. The van der Waals surface area contributed by atoms with Crippen LogP contribution in [-0.4, -0.2) is 23.0 Å². The van der Waals surface area contributed by atoms with Gasteiger partial charge in [0, 0.05) is 11.5 Å². The summed E-state index contributed by atoms with van der Waals surface area (Å²) < 4.78 is 0. The summed E-state index contributed by atoms with van der Waals surface area (Å²) in [4.78, 5) is 0. The van der Waals surface area contributed by atoms with Gasteiger partial charge in [0.1, 0.15) is 0 Å². The lowest BCUT2D eigenvalue weighted by atomic mass is 9.99. The first kappa shape index (κ1) is 12.9. The number of thioether (sulfide) groups is 1. The van der Waals surface area contributed by atoms with Gasteiger partial charge in [-0.3, -0.25) is 0 Å². The van der Waals surface area contributed by atoms with Gasteiger partial charge < -0.3 is 10.8 Å². The standard InChI is InChI=1S/C14H21NOS/c1-11-4-2-3-5-12(11)8-17-10-14(15,9-16)13-6-7-13/h2-5,13,16H,6-10,15H2,1H3. The van der Waals surface area contributed by atoms with Gasteiger partial charge in [0.2, 0.25) is 0 Å². The highest BCUT2D eigenvalue weighted by molar-refractivity contribution is 7.98. The van der Waals surface area contributed by atoms with Crippen LogP contribution in [0.25, 0.3) is 0 Å². The minimum atomic E-state index is -0.354. The number of aliphatic hydroxyl groups is 1. The average molecular weight is 251 g/mol. The molecule has 0 bridgehead atoms. The first-order chi connectivity index (χ1) is 8.15. The third kappa shape index (κ3) is 3.24. The van der Waals surface area contributed by atoms with Crippen LogP contribution < -0.4 is 5.73 Å². The lowest BCUT2D eigenvalue weighted by molar-refractivity contribution is 0.194. The van der Waals surface area contributed by atoms with Crippen LogP contribution in [0.2, 0.25) is 0 Å².